The van der Waals surface area contributed by atoms with Crippen LogP contribution in [0, 0.1) is 0 Å². The minimum absolute atomic E-state index is 0.253. The number of rotatable bonds is 4. The van der Waals surface area contributed by atoms with Gasteiger partial charge < -0.3 is 5.32 Å². The van der Waals surface area contributed by atoms with Crippen LogP contribution in [-0.2, 0) is 12.8 Å². The summed E-state index contributed by atoms with van der Waals surface area (Å²) in [6, 6.07) is 0. The van der Waals surface area contributed by atoms with E-state index in [-0.39, 0.29) is 5.54 Å². The second-order valence-electron chi connectivity index (χ2n) is 4.82. The average Bonchev–Trinajstić information content (AvgIpc) is 2.78. The maximum absolute atomic E-state index is 4.51. The summed E-state index contributed by atoms with van der Waals surface area (Å²) in [6.45, 7) is 2.08. The first-order chi connectivity index (χ1) is 7.78. The van der Waals surface area contributed by atoms with Crippen molar-refractivity contribution in [1.82, 2.24) is 20.5 Å². The van der Waals surface area contributed by atoms with Crippen molar-refractivity contribution in [2.24, 2.45) is 0 Å². The highest BCUT2D eigenvalue weighted by Gasteiger charge is 2.31. The Hall–Kier alpha value is -0.900. The van der Waals surface area contributed by atoms with Gasteiger partial charge in [0.2, 0.25) is 0 Å². The summed E-state index contributed by atoms with van der Waals surface area (Å²) >= 11 is 0. The highest BCUT2D eigenvalue weighted by Crippen LogP contribution is 2.30. The molecular weight excluding hydrogens is 200 g/mol. The van der Waals surface area contributed by atoms with Crippen LogP contribution in [0.2, 0.25) is 0 Å². The number of hydrogen-bond donors (Lipinski definition) is 2. The summed E-state index contributed by atoms with van der Waals surface area (Å²) in [5.41, 5.74) is 0.253. The van der Waals surface area contributed by atoms with Crippen LogP contribution < -0.4 is 5.32 Å². The van der Waals surface area contributed by atoms with Crippen molar-refractivity contribution in [2.75, 3.05) is 7.05 Å². The summed E-state index contributed by atoms with van der Waals surface area (Å²) in [6.07, 6.45) is 8.43. The summed E-state index contributed by atoms with van der Waals surface area (Å²) in [5, 5.41) is 10.8. The van der Waals surface area contributed by atoms with E-state index in [0.717, 1.165) is 24.5 Å². The molecule has 0 amide bonds. The lowest BCUT2D eigenvalue weighted by molar-refractivity contribution is 0.241. The van der Waals surface area contributed by atoms with Gasteiger partial charge in [0.25, 0.3) is 0 Å². The molecular formula is C12H22N4. The first-order valence-electron chi connectivity index (χ1n) is 6.37. The highest BCUT2D eigenvalue weighted by atomic mass is 15.2. The Kier molecular flexibility index (Phi) is 3.59. The second-order valence-corrected chi connectivity index (χ2v) is 4.82. The van der Waals surface area contributed by atoms with Crippen molar-refractivity contribution in [3.8, 4) is 0 Å². The Morgan fingerprint density at radius 2 is 2.06 bits per heavy atom. The third kappa shape index (κ3) is 2.43. The maximum Gasteiger partial charge on any atom is 0.150 e. The number of nitrogens with one attached hydrogen (secondary N) is 2. The van der Waals surface area contributed by atoms with Crippen LogP contribution in [0.15, 0.2) is 0 Å². The van der Waals surface area contributed by atoms with Gasteiger partial charge in [0.05, 0.1) is 0 Å². The van der Waals surface area contributed by atoms with Crippen LogP contribution in [0.5, 0.6) is 0 Å². The molecule has 1 saturated carbocycles. The predicted octanol–water partition coefficient (Wildman–Crippen LogP) is 1.83. The molecule has 1 fully saturated rings. The van der Waals surface area contributed by atoms with E-state index in [9.17, 15) is 0 Å². The Labute approximate surface area is 97.2 Å². The van der Waals surface area contributed by atoms with Gasteiger partial charge >= 0.3 is 0 Å². The number of aryl methyl sites for hydroxylation is 1. The monoisotopic (exact) mass is 222 g/mol. The Bertz CT molecular complexity index is 326. The van der Waals surface area contributed by atoms with Gasteiger partial charge in [0, 0.05) is 18.4 Å². The standard InChI is InChI=1S/C12H22N4/c1-3-10-14-11(16-15-10)9-12(13-2)7-5-4-6-8-12/h13H,3-9H2,1-2H3,(H,14,15,16). The number of hydrogen-bond acceptors (Lipinski definition) is 3. The molecule has 0 spiro atoms. The van der Waals surface area contributed by atoms with E-state index in [1.165, 1.54) is 32.1 Å². The van der Waals surface area contributed by atoms with E-state index in [4.69, 9.17) is 0 Å². The van der Waals surface area contributed by atoms with Crippen LogP contribution >= 0.6 is 0 Å². The largest absolute Gasteiger partial charge is 0.314 e. The van der Waals surface area contributed by atoms with Gasteiger partial charge in [-0.15, -0.1) is 0 Å². The number of nitrogens with zero attached hydrogens (tertiary/aromatic N) is 2. The lowest BCUT2D eigenvalue weighted by Crippen LogP contribution is -2.46. The first kappa shape index (κ1) is 11.6. The molecule has 0 aromatic carbocycles. The lowest BCUT2D eigenvalue weighted by Gasteiger charge is -2.36. The number of H-pyrrole nitrogens is 1. The molecule has 4 heteroatoms. The van der Waals surface area contributed by atoms with Crippen molar-refractivity contribution >= 4 is 0 Å². The van der Waals surface area contributed by atoms with Gasteiger partial charge in [-0.2, -0.15) is 5.10 Å². The molecule has 2 rings (SSSR count). The number of aromatic amines is 1. The van der Waals surface area contributed by atoms with Gasteiger partial charge in [0.15, 0.2) is 0 Å². The first-order valence-corrected chi connectivity index (χ1v) is 6.37. The zero-order valence-electron chi connectivity index (χ0n) is 10.3. The topological polar surface area (TPSA) is 53.6 Å². The van der Waals surface area contributed by atoms with Crippen molar-refractivity contribution in [3.05, 3.63) is 11.6 Å². The molecule has 0 bridgehead atoms. The molecule has 0 aliphatic heterocycles. The zero-order chi connectivity index (χ0) is 11.4. The summed E-state index contributed by atoms with van der Waals surface area (Å²) in [5.74, 6) is 1.96. The van der Waals surface area contributed by atoms with Gasteiger partial charge in [-0.1, -0.05) is 26.2 Å². The third-order valence-corrected chi connectivity index (χ3v) is 3.74. The van der Waals surface area contributed by atoms with Gasteiger partial charge in [-0.3, -0.25) is 5.10 Å². The molecule has 0 radical (unpaired) electrons. The van der Waals surface area contributed by atoms with Crippen molar-refractivity contribution in [2.45, 2.75) is 57.4 Å². The molecule has 1 aliphatic rings. The van der Waals surface area contributed by atoms with E-state index in [0.29, 0.717) is 0 Å². The minimum Gasteiger partial charge on any atom is -0.314 e. The predicted molar refractivity (Wildman–Crippen MR) is 64.3 cm³/mol. The molecule has 1 aliphatic carbocycles. The van der Waals surface area contributed by atoms with Crippen molar-refractivity contribution in [1.29, 1.82) is 0 Å². The zero-order valence-corrected chi connectivity index (χ0v) is 10.3. The second kappa shape index (κ2) is 4.95. The molecule has 4 nitrogen and oxygen atoms in total. The highest BCUT2D eigenvalue weighted by molar-refractivity contribution is 5.01. The Balaban J connectivity index is 2.05. The van der Waals surface area contributed by atoms with Gasteiger partial charge in [-0.25, -0.2) is 4.98 Å². The van der Waals surface area contributed by atoms with Crippen LogP contribution in [0.1, 0.15) is 50.7 Å². The molecule has 0 unspecified atom stereocenters. The van der Waals surface area contributed by atoms with E-state index >= 15 is 0 Å². The van der Waals surface area contributed by atoms with Crippen molar-refractivity contribution < 1.29 is 0 Å². The van der Waals surface area contributed by atoms with Crippen LogP contribution in [0.25, 0.3) is 0 Å². The SMILES string of the molecule is CCc1n[nH]c(CC2(NC)CCCCC2)n1. The Morgan fingerprint density at radius 3 is 2.62 bits per heavy atom. The smallest absolute Gasteiger partial charge is 0.150 e. The lowest BCUT2D eigenvalue weighted by atomic mass is 9.79. The van der Waals surface area contributed by atoms with Gasteiger partial charge in [-0.05, 0) is 19.9 Å². The fourth-order valence-electron chi connectivity index (χ4n) is 2.64. The van der Waals surface area contributed by atoms with E-state index in [1.807, 2.05) is 0 Å². The van der Waals surface area contributed by atoms with Crippen molar-refractivity contribution in [3.63, 3.8) is 0 Å². The van der Waals surface area contributed by atoms with E-state index in [1.54, 1.807) is 0 Å². The Morgan fingerprint density at radius 1 is 1.31 bits per heavy atom. The maximum atomic E-state index is 4.51. The third-order valence-electron chi connectivity index (χ3n) is 3.74. The molecule has 90 valence electrons. The number of aromatic nitrogens is 3. The van der Waals surface area contributed by atoms with Crippen LogP contribution in [-0.4, -0.2) is 27.8 Å². The molecule has 1 heterocycles. The fraction of sp³-hybridized carbons (Fsp3) is 0.833. The molecule has 0 saturated heterocycles. The average molecular weight is 222 g/mol. The quantitative estimate of drug-likeness (QED) is 0.817. The molecule has 1 aromatic heterocycles. The van der Waals surface area contributed by atoms with Gasteiger partial charge in [0.1, 0.15) is 11.6 Å². The van der Waals surface area contributed by atoms with E-state index in [2.05, 4.69) is 34.5 Å². The fourth-order valence-corrected chi connectivity index (χ4v) is 2.64. The molecule has 1 aromatic rings. The minimum atomic E-state index is 0.253. The van der Waals surface area contributed by atoms with E-state index < -0.39 is 0 Å². The number of likely N-dealkylation sites (N-methyl/N-ethyl adjacent to an activating group) is 1. The van der Waals surface area contributed by atoms with Crippen LogP contribution in [0.4, 0.5) is 0 Å². The molecule has 16 heavy (non-hydrogen) atoms. The molecule has 0 atom stereocenters. The summed E-state index contributed by atoms with van der Waals surface area (Å²) < 4.78 is 0. The normalized spacial score (nSPS) is 19.9. The van der Waals surface area contributed by atoms with Crippen LogP contribution in [0.3, 0.4) is 0 Å². The summed E-state index contributed by atoms with van der Waals surface area (Å²) in [4.78, 5) is 4.51. The summed E-state index contributed by atoms with van der Waals surface area (Å²) in [7, 11) is 2.07. The molecule has 2 N–H and O–H groups in total.